The molecular formula is C11H17N2O8PS. The van der Waals surface area contributed by atoms with Gasteiger partial charge in [0, 0.05) is 12.1 Å². The van der Waals surface area contributed by atoms with E-state index in [1.165, 1.54) is 13.8 Å². The zero-order valence-electron chi connectivity index (χ0n) is 12.4. The van der Waals surface area contributed by atoms with Crippen molar-refractivity contribution in [3.63, 3.8) is 0 Å². The molecule has 1 rings (SSSR count). The number of nitro benzene ring substituents is 1. The van der Waals surface area contributed by atoms with E-state index in [4.69, 9.17) is 19.0 Å². The van der Waals surface area contributed by atoms with Crippen LogP contribution in [0.4, 0.5) is 5.69 Å². The average molecular weight is 368 g/mol. The van der Waals surface area contributed by atoms with Crippen molar-refractivity contribution < 1.29 is 31.1 Å². The molecule has 130 valence electrons. The van der Waals surface area contributed by atoms with Crippen LogP contribution in [0.25, 0.3) is 0 Å². The predicted octanol–water partition coefficient (Wildman–Crippen LogP) is 1.81. The van der Waals surface area contributed by atoms with Gasteiger partial charge in [-0.25, -0.2) is 0 Å². The fraction of sp³-hybridized carbons (Fsp3) is 0.455. The van der Waals surface area contributed by atoms with Crippen LogP contribution in [0.15, 0.2) is 24.3 Å². The Kier molecular flexibility index (Phi) is 6.66. The van der Waals surface area contributed by atoms with Crippen molar-refractivity contribution in [1.82, 2.24) is 0 Å². The zero-order chi connectivity index (χ0) is 17.7. The summed E-state index contributed by atoms with van der Waals surface area (Å²) in [5.74, 6) is -0.217. The van der Waals surface area contributed by atoms with Gasteiger partial charge in [0.25, 0.3) is 5.69 Å². The summed E-state index contributed by atoms with van der Waals surface area (Å²) in [4.78, 5) is 9.89. The van der Waals surface area contributed by atoms with E-state index >= 15 is 0 Å². The van der Waals surface area contributed by atoms with Crippen molar-refractivity contribution in [2.75, 3.05) is 13.2 Å². The van der Waals surface area contributed by atoms with Crippen LogP contribution in [-0.2, 0) is 23.7 Å². The first-order valence-corrected chi connectivity index (χ1v) is 9.56. The van der Waals surface area contributed by atoms with Crippen molar-refractivity contribution in [2.45, 2.75) is 19.0 Å². The Bertz CT molecular complexity index is 680. The highest BCUT2D eigenvalue weighted by atomic mass is 32.2. The third-order valence-corrected chi connectivity index (χ3v) is 6.91. The molecule has 0 heterocycles. The van der Waals surface area contributed by atoms with Gasteiger partial charge in [-0.15, -0.1) is 0 Å². The smallest absolute Gasteiger partial charge is 0.366 e. The monoisotopic (exact) mass is 368 g/mol. The number of non-ortho nitro benzene ring substituents is 1. The fourth-order valence-electron chi connectivity index (χ4n) is 1.51. The Morgan fingerprint density at radius 1 is 1.22 bits per heavy atom. The zero-order valence-corrected chi connectivity index (χ0v) is 14.2. The molecule has 0 saturated carbocycles. The van der Waals surface area contributed by atoms with Crippen LogP contribution < -0.4 is 9.92 Å². The van der Waals surface area contributed by atoms with E-state index in [9.17, 15) is 23.1 Å². The highest BCUT2D eigenvalue weighted by Crippen LogP contribution is 2.53. The van der Waals surface area contributed by atoms with E-state index in [0.717, 1.165) is 24.3 Å². The summed E-state index contributed by atoms with van der Waals surface area (Å²) in [7, 11) is -8.69. The lowest BCUT2D eigenvalue weighted by molar-refractivity contribution is -0.384. The van der Waals surface area contributed by atoms with Gasteiger partial charge in [0.2, 0.25) is 5.11 Å². The molecule has 1 unspecified atom stereocenters. The van der Waals surface area contributed by atoms with E-state index in [-0.39, 0.29) is 24.7 Å². The Morgan fingerprint density at radius 3 is 2.09 bits per heavy atom. The lowest BCUT2D eigenvalue weighted by Crippen LogP contribution is -2.35. The molecule has 0 radical (unpaired) electrons. The lowest BCUT2D eigenvalue weighted by atomic mass is 10.3. The van der Waals surface area contributed by atoms with Gasteiger partial charge < -0.3 is 19.0 Å². The highest BCUT2D eigenvalue weighted by Gasteiger charge is 2.44. The van der Waals surface area contributed by atoms with E-state index < -0.39 is 27.8 Å². The normalized spacial score (nSPS) is 13.5. The number of nitro groups is 1. The minimum Gasteiger partial charge on any atom is -0.381 e. The highest BCUT2D eigenvalue weighted by molar-refractivity contribution is 7.95. The maximum absolute atomic E-state index is 12.4. The molecule has 0 aliphatic carbocycles. The van der Waals surface area contributed by atoms with Crippen LogP contribution in [-0.4, -0.2) is 31.7 Å². The Labute approximate surface area is 133 Å². The van der Waals surface area contributed by atoms with Gasteiger partial charge in [-0.05, 0) is 26.0 Å². The van der Waals surface area contributed by atoms with E-state index in [0.29, 0.717) is 0 Å². The first-order valence-electron chi connectivity index (χ1n) is 6.48. The van der Waals surface area contributed by atoms with Gasteiger partial charge >= 0.3 is 17.7 Å². The molecule has 2 N–H and O–H groups in total. The molecule has 0 fully saturated rings. The first kappa shape index (κ1) is 19.5. The molecule has 0 aromatic heterocycles. The molecule has 1 aromatic carbocycles. The molecule has 10 nitrogen and oxygen atoms in total. The Balaban J connectivity index is 3.00. The molecule has 0 aliphatic rings. The van der Waals surface area contributed by atoms with Gasteiger partial charge in [-0.2, -0.15) is 8.42 Å². The number of nitrogens with two attached hydrogens (primary N) is 1. The van der Waals surface area contributed by atoms with Gasteiger partial charge in [-0.1, -0.05) is 0 Å². The number of hydrogen-bond acceptors (Lipinski definition) is 9. The number of hydrogen-bond donors (Lipinski definition) is 1. The van der Waals surface area contributed by atoms with Gasteiger partial charge in [0.1, 0.15) is 5.75 Å². The topological polar surface area (TPSA) is 148 Å². The van der Waals surface area contributed by atoms with Crippen molar-refractivity contribution in [3.8, 4) is 5.75 Å². The minimum atomic E-state index is -4.55. The summed E-state index contributed by atoms with van der Waals surface area (Å²) < 4.78 is 51.0. The van der Waals surface area contributed by atoms with Crippen molar-refractivity contribution in [1.29, 1.82) is 0 Å². The summed E-state index contributed by atoms with van der Waals surface area (Å²) in [5, 5.41) is 8.49. The van der Waals surface area contributed by atoms with Crippen LogP contribution in [0.3, 0.4) is 0 Å². The van der Waals surface area contributed by atoms with Crippen LogP contribution in [0.1, 0.15) is 13.8 Å². The largest absolute Gasteiger partial charge is 0.381 e. The van der Waals surface area contributed by atoms with Crippen molar-refractivity contribution in [3.05, 3.63) is 34.4 Å². The molecule has 1 aromatic rings. The Morgan fingerprint density at radius 2 is 1.70 bits per heavy atom. The number of benzene rings is 1. The average Bonchev–Trinajstić information content (AvgIpc) is 2.47. The quantitative estimate of drug-likeness (QED) is 0.298. The van der Waals surface area contributed by atoms with Gasteiger partial charge in [-0.3, -0.25) is 14.7 Å². The maximum Gasteiger partial charge on any atom is 0.366 e. The fourth-order valence-corrected chi connectivity index (χ4v) is 4.83. The van der Waals surface area contributed by atoms with E-state index in [2.05, 4.69) is 0 Å². The van der Waals surface area contributed by atoms with Crippen LogP contribution in [0, 0.1) is 10.1 Å². The van der Waals surface area contributed by atoms with Crippen molar-refractivity contribution >= 4 is 23.4 Å². The minimum absolute atomic E-state index is 0.0714. The second-order valence-corrected chi connectivity index (χ2v) is 8.26. The summed E-state index contributed by atoms with van der Waals surface area (Å²) >= 11 is 0. The van der Waals surface area contributed by atoms with Crippen LogP contribution >= 0.6 is 7.60 Å². The molecule has 0 spiro atoms. The summed E-state index contributed by atoms with van der Waals surface area (Å²) in [6, 6.07) is 4.27. The van der Waals surface area contributed by atoms with Crippen LogP contribution in [0.5, 0.6) is 5.75 Å². The maximum atomic E-state index is 12.4. The Hall–Kier alpha value is -1.52. The first-order chi connectivity index (χ1) is 10.7. The standard InChI is InChI=1S/C11H17N2O8PS/c1-3-19-22(16,20-4-2)11(12)23(17,18)21-10-7-5-9(6-8-10)13(14)15/h5-8,11H,3-4,12H2,1-2H3. The third-order valence-electron chi connectivity index (χ3n) is 2.49. The third kappa shape index (κ3) is 4.98. The molecule has 0 aliphatic heterocycles. The SMILES string of the molecule is CCOP(=O)(OCC)C(N)S(=O)(=O)Oc1ccc([N+](=O)[O-])cc1. The molecule has 23 heavy (non-hydrogen) atoms. The molecule has 12 heteroatoms. The second-order valence-electron chi connectivity index (χ2n) is 4.09. The molecule has 0 saturated heterocycles. The predicted molar refractivity (Wildman–Crippen MR) is 81.5 cm³/mol. The molecule has 1 atom stereocenters. The molecular weight excluding hydrogens is 351 g/mol. The molecule has 0 bridgehead atoms. The lowest BCUT2D eigenvalue weighted by Gasteiger charge is -2.22. The summed E-state index contributed by atoms with van der Waals surface area (Å²) in [6.45, 7) is 2.86. The number of nitrogens with zero attached hydrogens (tertiary/aromatic N) is 1. The van der Waals surface area contributed by atoms with Crippen LogP contribution in [0.2, 0.25) is 0 Å². The number of rotatable bonds is 9. The molecule has 0 amide bonds. The van der Waals surface area contributed by atoms with Crippen molar-refractivity contribution in [2.24, 2.45) is 5.73 Å². The van der Waals surface area contributed by atoms with E-state index in [1.807, 2.05) is 0 Å². The van der Waals surface area contributed by atoms with Gasteiger partial charge in [0.05, 0.1) is 18.1 Å². The van der Waals surface area contributed by atoms with Gasteiger partial charge in [0.15, 0.2) is 0 Å². The summed E-state index contributed by atoms with van der Waals surface area (Å²) in [5.41, 5.74) is 5.25. The summed E-state index contributed by atoms with van der Waals surface area (Å²) in [6.07, 6.45) is 0. The second kappa shape index (κ2) is 7.84. The van der Waals surface area contributed by atoms with E-state index in [1.54, 1.807) is 0 Å².